The van der Waals surface area contributed by atoms with Crippen LogP contribution in [-0.2, 0) is 17.5 Å². The predicted molar refractivity (Wildman–Crippen MR) is 81.3 cm³/mol. The number of pyridine rings is 1. The normalized spacial score (nSPS) is 11.5. The van der Waals surface area contributed by atoms with Crippen molar-refractivity contribution in [2.45, 2.75) is 12.7 Å². The number of benzene rings is 1. The maximum absolute atomic E-state index is 12.7. The van der Waals surface area contributed by atoms with Gasteiger partial charge in [0.15, 0.2) is 0 Å². The van der Waals surface area contributed by atoms with Crippen LogP contribution in [0.2, 0.25) is 0 Å². The lowest BCUT2D eigenvalue weighted by Crippen LogP contribution is -2.11. The molecule has 9 heteroatoms. The third kappa shape index (κ3) is 3.49. The number of hydrogen-bond donors (Lipinski definition) is 1. The highest BCUT2D eigenvalue weighted by Crippen LogP contribution is 2.33. The van der Waals surface area contributed by atoms with E-state index < -0.39 is 24.3 Å². The first-order valence-electron chi connectivity index (χ1n) is 7.09. The Bertz CT molecular complexity index is 890. The van der Waals surface area contributed by atoms with E-state index in [1.165, 1.54) is 24.5 Å². The number of carbonyl (C=O) groups is 1. The largest absolute Gasteiger partial charge is 0.480 e. The summed E-state index contributed by atoms with van der Waals surface area (Å²) in [5.41, 5.74) is 0.900. The lowest BCUT2D eigenvalue weighted by Gasteiger charge is -2.10. The summed E-state index contributed by atoms with van der Waals surface area (Å²) in [4.78, 5) is 14.9. The Morgan fingerprint density at radius 2 is 1.68 bits per heavy atom. The number of alkyl halides is 3. The van der Waals surface area contributed by atoms with Crippen molar-refractivity contribution in [3.63, 3.8) is 0 Å². The lowest BCUT2D eigenvalue weighted by molar-refractivity contribution is -0.138. The van der Waals surface area contributed by atoms with Gasteiger partial charge in [-0.05, 0) is 24.3 Å². The van der Waals surface area contributed by atoms with Gasteiger partial charge in [0.1, 0.15) is 12.2 Å². The van der Waals surface area contributed by atoms with Crippen LogP contribution >= 0.6 is 0 Å². The molecule has 0 aliphatic rings. The molecule has 0 aliphatic heterocycles. The number of aromatic nitrogens is 4. The minimum Gasteiger partial charge on any atom is -0.480 e. The van der Waals surface area contributed by atoms with Crippen LogP contribution < -0.4 is 0 Å². The van der Waals surface area contributed by atoms with Crippen LogP contribution in [-0.4, -0.2) is 31.1 Å². The summed E-state index contributed by atoms with van der Waals surface area (Å²) in [6, 6.07) is 7.72. The van der Waals surface area contributed by atoms with E-state index in [2.05, 4.69) is 15.3 Å². The fraction of sp³-hybridized carbons (Fsp3) is 0.125. The Morgan fingerprint density at radius 3 is 2.24 bits per heavy atom. The van der Waals surface area contributed by atoms with E-state index in [1.54, 1.807) is 12.1 Å². The molecule has 2 aromatic heterocycles. The Labute approximate surface area is 139 Å². The van der Waals surface area contributed by atoms with Crippen molar-refractivity contribution in [3.8, 4) is 22.5 Å². The molecule has 3 rings (SSSR count). The molecule has 0 spiro atoms. The molecular formula is C16H11F3N4O2. The Hall–Kier alpha value is -3.23. The second-order valence-electron chi connectivity index (χ2n) is 5.15. The molecule has 1 aromatic carbocycles. The molecule has 3 aromatic rings. The summed E-state index contributed by atoms with van der Waals surface area (Å²) in [6.07, 6.45) is -1.39. The van der Waals surface area contributed by atoms with Crippen molar-refractivity contribution in [1.29, 1.82) is 0 Å². The highest BCUT2D eigenvalue weighted by atomic mass is 19.4. The van der Waals surface area contributed by atoms with Gasteiger partial charge in [-0.15, -0.1) is 5.10 Å². The number of aliphatic carboxylic acids is 1. The Kier molecular flexibility index (Phi) is 4.22. The predicted octanol–water partition coefficient (Wildman–Crippen LogP) is 3.11. The fourth-order valence-corrected chi connectivity index (χ4v) is 2.36. The molecule has 128 valence electrons. The summed E-state index contributed by atoms with van der Waals surface area (Å²) in [6.45, 7) is -0.464. The van der Waals surface area contributed by atoms with Gasteiger partial charge in [0.25, 0.3) is 0 Å². The number of nitrogens with zero attached hydrogens (tertiary/aromatic N) is 4. The molecule has 0 saturated carbocycles. The van der Waals surface area contributed by atoms with Crippen molar-refractivity contribution < 1.29 is 23.1 Å². The van der Waals surface area contributed by atoms with Crippen LogP contribution in [0.5, 0.6) is 0 Å². The van der Waals surface area contributed by atoms with Gasteiger partial charge in [0.2, 0.25) is 0 Å². The third-order valence-electron chi connectivity index (χ3n) is 3.46. The van der Waals surface area contributed by atoms with E-state index in [0.29, 0.717) is 22.5 Å². The minimum absolute atomic E-state index is 0.322. The molecule has 0 bridgehead atoms. The summed E-state index contributed by atoms with van der Waals surface area (Å²) < 4.78 is 39.4. The van der Waals surface area contributed by atoms with Crippen molar-refractivity contribution in [2.75, 3.05) is 0 Å². The van der Waals surface area contributed by atoms with E-state index >= 15 is 0 Å². The third-order valence-corrected chi connectivity index (χ3v) is 3.46. The van der Waals surface area contributed by atoms with Gasteiger partial charge < -0.3 is 5.11 Å². The zero-order valence-electron chi connectivity index (χ0n) is 12.6. The summed E-state index contributed by atoms with van der Waals surface area (Å²) >= 11 is 0. The molecular weight excluding hydrogens is 337 g/mol. The molecule has 0 fully saturated rings. The van der Waals surface area contributed by atoms with E-state index in [1.807, 2.05) is 0 Å². The van der Waals surface area contributed by atoms with Gasteiger partial charge in [-0.3, -0.25) is 9.78 Å². The van der Waals surface area contributed by atoms with Gasteiger partial charge in [0, 0.05) is 23.5 Å². The lowest BCUT2D eigenvalue weighted by atomic mass is 10.0. The molecule has 0 amide bonds. The van der Waals surface area contributed by atoms with Crippen LogP contribution in [0.3, 0.4) is 0 Å². The van der Waals surface area contributed by atoms with Crippen molar-refractivity contribution >= 4 is 5.97 Å². The number of halogens is 3. The summed E-state index contributed by atoms with van der Waals surface area (Å²) in [5.74, 6) is -1.14. The number of carboxylic acids is 1. The van der Waals surface area contributed by atoms with Crippen molar-refractivity contribution in [1.82, 2.24) is 20.0 Å². The van der Waals surface area contributed by atoms with E-state index in [4.69, 9.17) is 5.11 Å². The second kappa shape index (κ2) is 6.34. The first-order valence-corrected chi connectivity index (χ1v) is 7.09. The first kappa shape index (κ1) is 16.6. The SMILES string of the molecule is O=C(O)Cn1nnc(-c2ccncc2)c1-c1ccc(C(F)(F)F)cc1. The van der Waals surface area contributed by atoms with Crippen LogP contribution in [0, 0.1) is 0 Å². The highest BCUT2D eigenvalue weighted by molar-refractivity contribution is 5.79. The molecule has 0 unspecified atom stereocenters. The van der Waals surface area contributed by atoms with Crippen LogP contribution in [0.1, 0.15) is 5.56 Å². The fourth-order valence-electron chi connectivity index (χ4n) is 2.36. The standard InChI is InChI=1S/C16H11F3N4O2/c17-16(18,19)12-3-1-11(2-4-12)15-14(10-5-7-20-8-6-10)21-22-23(15)9-13(24)25/h1-8H,9H2,(H,24,25). The van der Waals surface area contributed by atoms with Gasteiger partial charge in [-0.1, -0.05) is 17.3 Å². The van der Waals surface area contributed by atoms with Gasteiger partial charge in [-0.2, -0.15) is 13.2 Å². The van der Waals surface area contributed by atoms with Gasteiger partial charge >= 0.3 is 12.1 Å². The quantitative estimate of drug-likeness (QED) is 0.783. The number of rotatable bonds is 4. The van der Waals surface area contributed by atoms with Gasteiger partial charge in [-0.25, -0.2) is 4.68 Å². The second-order valence-corrected chi connectivity index (χ2v) is 5.15. The average molecular weight is 348 g/mol. The van der Waals surface area contributed by atoms with Gasteiger partial charge in [0.05, 0.1) is 11.3 Å². The molecule has 2 heterocycles. The van der Waals surface area contributed by atoms with Crippen LogP contribution in [0.25, 0.3) is 22.5 Å². The van der Waals surface area contributed by atoms with Crippen molar-refractivity contribution in [3.05, 3.63) is 54.4 Å². The molecule has 1 N–H and O–H groups in total. The average Bonchev–Trinajstić information content (AvgIpc) is 2.98. The maximum Gasteiger partial charge on any atom is 0.416 e. The molecule has 0 radical (unpaired) electrons. The number of carboxylic acid groups (broad SMARTS) is 1. The zero-order chi connectivity index (χ0) is 18.0. The van der Waals surface area contributed by atoms with E-state index in [0.717, 1.165) is 16.8 Å². The molecule has 0 saturated heterocycles. The summed E-state index contributed by atoms with van der Waals surface area (Å²) in [7, 11) is 0. The van der Waals surface area contributed by atoms with E-state index in [-0.39, 0.29) is 0 Å². The van der Waals surface area contributed by atoms with Crippen molar-refractivity contribution in [2.24, 2.45) is 0 Å². The molecule has 0 aliphatic carbocycles. The molecule has 25 heavy (non-hydrogen) atoms. The Morgan fingerprint density at radius 1 is 1.04 bits per heavy atom. The summed E-state index contributed by atoms with van der Waals surface area (Å²) in [5, 5.41) is 16.8. The number of hydrogen-bond acceptors (Lipinski definition) is 4. The zero-order valence-corrected chi connectivity index (χ0v) is 12.6. The highest BCUT2D eigenvalue weighted by Gasteiger charge is 2.30. The minimum atomic E-state index is -4.45. The smallest absolute Gasteiger partial charge is 0.416 e. The Balaban J connectivity index is 2.12. The topological polar surface area (TPSA) is 80.9 Å². The monoisotopic (exact) mass is 348 g/mol. The maximum atomic E-state index is 12.7. The first-order chi connectivity index (χ1) is 11.9. The molecule has 6 nitrogen and oxygen atoms in total. The van der Waals surface area contributed by atoms with E-state index in [9.17, 15) is 18.0 Å². The van der Waals surface area contributed by atoms with Crippen LogP contribution in [0.4, 0.5) is 13.2 Å². The molecule has 0 atom stereocenters. The van der Waals surface area contributed by atoms with Crippen LogP contribution in [0.15, 0.2) is 48.8 Å².